The molecule has 0 aliphatic carbocycles. The molecule has 8 heteroatoms. The second-order valence-electron chi connectivity index (χ2n) is 6.47. The fourth-order valence-corrected chi connectivity index (χ4v) is 4.08. The summed E-state index contributed by atoms with van der Waals surface area (Å²) >= 11 is 0. The van der Waals surface area contributed by atoms with Crippen molar-refractivity contribution in [1.82, 2.24) is 4.72 Å². The van der Waals surface area contributed by atoms with Crippen LogP contribution in [0.4, 0.5) is 5.69 Å². The Morgan fingerprint density at radius 3 is 2.44 bits per heavy atom. The maximum absolute atomic E-state index is 12.4. The molecule has 1 amide bonds. The van der Waals surface area contributed by atoms with Crippen molar-refractivity contribution < 1.29 is 22.7 Å². The highest BCUT2D eigenvalue weighted by atomic mass is 32.2. The van der Waals surface area contributed by atoms with Gasteiger partial charge in [-0.25, -0.2) is 13.1 Å². The molecule has 1 aromatic carbocycles. The molecule has 0 aromatic heterocycles. The van der Waals surface area contributed by atoms with Crippen LogP contribution in [-0.4, -0.2) is 46.4 Å². The maximum atomic E-state index is 12.4. The van der Waals surface area contributed by atoms with E-state index in [2.05, 4.69) is 4.72 Å². The molecule has 0 spiro atoms. The summed E-state index contributed by atoms with van der Waals surface area (Å²) in [6, 6.07) is 6.40. The predicted molar refractivity (Wildman–Crippen MR) is 92.8 cm³/mol. The fourth-order valence-electron chi connectivity index (χ4n) is 3.04. The van der Waals surface area contributed by atoms with E-state index >= 15 is 0 Å². The first-order valence-electron chi connectivity index (χ1n) is 8.58. The molecule has 138 valence electrons. The third kappa shape index (κ3) is 4.38. The first kappa shape index (κ1) is 18.3. The van der Waals surface area contributed by atoms with Crippen LogP contribution in [0.15, 0.2) is 29.2 Å². The van der Waals surface area contributed by atoms with E-state index in [1.54, 1.807) is 17.0 Å². The zero-order chi connectivity index (χ0) is 17.9. The van der Waals surface area contributed by atoms with Gasteiger partial charge >= 0.3 is 0 Å². The smallest absolute Gasteiger partial charge is 0.240 e. The topological polar surface area (TPSA) is 84.9 Å². The van der Waals surface area contributed by atoms with E-state index in [4.69, 9.17) is 9.47 Å². The standard InChI is InChI=1S/C17H24N2O5S/c1-17(23-12-3-13-24-17)9-10-18-25(21,22)15-7-5-14(6-8-15)19-11-2-4-16(19)20/h5-8,18H,2-4,9-13H2,1H3. The summed E-state index contributed by atoms with van der Waals surface area (Å²) < 4.78 is 38.5. The number of sulfonamides is 1. The van der Waals surface area contributed by atoms with Crippen molar-refractivity contribution in [2.75, 3.05) is 31.2 Å². The van der Waals surface area contributed by atoms with Crippen molar-refractivity contribution in [2.45, 2.75) is 43.3 Å². The van der Waals surface area contributed by atoms with Crippen LogP contribution < -0.4 is 9.62 Å². The summed E-state index contributed by atoms with van der Waals surface area (Å²) in [5.41, 5.74) is 0.734. The van der Waals surface area contributed by atoms with Gasteiger partial charge in [0.05, 0.1) is 18.1 Å². The molecule has 2 aliphatic heterocycles. The highest BCUT2D eigenvalue weighted by molar-refractivity contribution is 7.89. The minimum Gasteiger partial charge on any atom is -0.350 e. The van der Waals surface area contributed by atoms with Gasteiger partial charge in [0, 0.05) is 31.6 Å². The summed E-state index contributed by atoms with van der Waals surface area (Å²) in [5, 5.41) is 0. The summed E-state index contributed by atoms with van der Waals surface area (Å²) in [6.07, 6.45) is 2.67. The SMILES string of the molecule is CC1(CCNS(=O)(=O)c2ccc(N3CCCC3=O)cc2)OCCCO1. The fraction of sp³-hybridized carbons (Fsp3) is 0.588. The number of carbonyl (C=O) groups excluding carboxylic acids is 1. The van der Waals surface area contributed by atoms with E-state index in [9.17, 15) is 13.2 Å². The molecule has 0 radical (unpaired) electrons. The zero-order valence-corrected chi connectivity index (χ0v) is 15.2. The average molecular weight is 368 g/mol. The quantitative estimate of drug-likeness (QED) is 0.825. The second kappa shape index (κ2) is 7.41. The molecule has 0 unspecified atom stereocenters. The van der Waals surface area contributed by atoms with Crippen LogP contribution in [0, 0.1) is 0 Å². The van der Waals surface area contributed by atoms with E-state index in [-0.39, 0.29) is 17.3 Å². The molecule has 0 saturated carbocycles. The summed E-state index contributed by atoms with van der Waals surface area (Å²) in [5.74, 6) is -0.657. The number of nitrogens with zero attached hydrogens (tertiary/aromatic N) is 1. The summed E-state index contributed by atoms with van der Waals surface area (Å²) in [6.45, 7) is 3.98. The number of nitrogens with one attached hydrogen (secondary N) is 1. The van der Waals surface area contributed by atoms with Crippen LogP contribution in [0.5, 0.6) is 0 Å². The molecule has 1 N–H and O–H groups in total. The Hall–Kier alpha value is -1.48. The van der Waals surface area contributed by atoms with Crippen LogP contribution in [0.2, 0.25) is 0 Å². The monoisotopic (exact) mass is 368 g/mol. The zero-order valence-electron chi connectivity index (χ0n) is 14.4. The molecular formula is C17H24N2O5S. The third-order valence-corrected chi connectivity index (χ3v) is 5.98. The molecule has 7 nitrogen and oxygen atoms in total. The van der Waals surface area contributed by atoms with Crippen LogP contribution in [0.1, 0.15) is 32.6 Å². The largest absolute Gasteiger partial charge is 0.350 e. The molecule has 0 atom stereocenters. The Morgan fingerprint density at radius 2 is 1.84 bits per heavy atom. The first-order valence-corrected chi connectivity index (χ1v) is 10.1. The first-order chi connectivity index (χ1) is 11.9. The van der Waals surface area contributed by atoms with E-state index in [0.29, 0.717) is 32.6 Å². The molecule has 25 heavy (non-hydrogen) atoms. The lowest BCUT2D eigenvalue weighted by Crippen LogP contribution is -2.40. The van der Waals surface area contributed by atoms with Crippen molar-refractivity contribution >= 4 is 21.6 Å². The highest BCUT2D eigenvalue weighted by Crippen LogP contribution is 2.24. The van der Waals surface area contributed by atoms with Crippen LogP contribution in [-0.2, 0) is 24.3 Å². The van der Waals surface area contributed by atoms with Crippen LogP contribution in [0.25, 0.3) is 0 Å². The highest BCUT2D eigenvalue weighted by Gasteiger charge is 2.29. The number of carbonyl (C=O) groups is 1. The summed E-state index contributed by atoms with van der Waals surface area (Å²) in [4.78, 5) is 13.6. The Balaban J connectivity index is 1.59. The molecular weight excluding hydrogens is 344 g/mol. The van der Waals surface area contributed by atoms with E-state index in [1.165, 1.54) is 12.1 Å². The lowest BCUT2D eigenvalue weighted by Gasteiger charge is -2.33. The Morgan fingerprint density at radius 1 is 1.16 bits per heavy atom. The lowest BCUT2D eigenvalue weighted by molar-refractivity contribution is -0.257. The number of anilines is 1. The van der Waals surface area contributed by atoms with Crippen molar-refractivity contribution in [2.24, 2.45) is 0 Å². The Bertz CT molecular complexity index is 711. The molecule has 2 heterocycles. The number of amides is 1. The van der Waals surface area contributed by atoms with Gasteiger partial charge in [0.15, 0.2) is 5.79 Å². The van der Waals surface area contributed by atoms with Crippen molar-refractivity contribution in [3.63, 3.8) is 0 Å². The third-order valence-electron chi connectivity index (χ3n) is 4.51. The van der Waals surface area contributed by atoms with Gasteiger partial charge in [-0.15, -0.1) is 0 Å². The van der Waals surface area contributed by atoms with E-state index < -0.39 is 15.8 Å². The van der Waals surface area contributed by atoms with Crippen molar-refractivity contribution in [1.29, 1.82) is 0 Å². The molecule has 1 aromatic rings. The second-order valence-corrected chi connectivity index (χ2v) is 8.24. The molecule has 3 rings (SSSR count). The maximum Gasteiger partial charge on any atom is 0.240 e. The Kier molecular flexibility index (Phi) is 5.43. The average Bonchev–Trinajstić information content (AvgIpc) is 3.01. The van der Waals surface area contributed by atoms with Crippen LogP contribution >= 0.6 is 0 Å². The van der Waals surface area contributed by atoms with Gasteiger partial charge in [-0.05, 0) is 44.0 Å². The van der Waals surface area contributed by atoms with Gasteiger partial charge in [-0.2, -0.15) is 0 Å². The lowest BCUT2D eigenvalue weighted by atomic mass is 10.2. The van der Waals surface area contributed by atoms with Gasteiger partial charge in [0.2, 0.25) is 15.9 Å². The summed E-state index contributed by atoms with van der Waals surface area (Å²) in [7, 11) is -3.61. The van der Waals surface area contributed by atoms with Gasteiger partial charge in [-0.3, -0.25) is 4.79 Å². The van der Waals surface area contributed by atoms with E-state index in [0.717, 1.165) is 18.5 Å². The van der Waals surface area contributed by atoms with Crippen molar-refractivity contribution in [3.8, 4) is 0 Å². The van der Waals surface area contributed by atoms with Crippen molar-refractivity contribution in [3.05, 3.63) is 24.3 Å². The van der Waals surface area contributed by atoms with Gasteiger partial charge in [0.1, 0.15) is 0 Å². The van der Waals surface area contributed by atoms with Crippen LogP contribution in [0.3, 0.4) is 0 Å². The molecule has 2 aliphatic rings. The van der Waals surface area contributed by atoms with E-state index in [1.807, 2.05) is 6.92 Å². The molecule has 2 fully saturated rings. The number of rotatable bonds is 6. The van der Waals surface area contributed by atoms with Gasteiger partial charge in [0.25, 0.3) is 0 Å². The van der Waals surface area contributed by atoms with Gasteiger partial charge < -0.3 is 14.4 Å². The Labute approximate surface area is 148 Å². The number of hydrogen-bond donors (Lipinski definition) is 1. The molecule has 0 bridgehead atoms. The minimum atomic E-state index is -3.61. The van der Waals surface area contributed by atoms with Gasteiger partial charge in [-0.1, -0.05) is 0 Å². The number of ether oxygens (including phenoxy) is 2. The number of benzene rings is 1. The predicted octanol–water partition coefficient (Wildman–Crippen LogP) is 1.63. The normalized spacial score (nSPS) is 20.8. The minimum absolute atomic E-state index is 0.0782. The molecule has 2 saturated heterocycles. The number of hydrogen-bond acceptors (Lipinski definition) is 5.